The molecule has 1 saturated heterocycles. The van der Waals surface area contributed by atoms with Crippen molar-refractivity contribution >= 4 is 5.91 Å². The highest BCUT2D eigenvalue weighted by atomic mass is 16.5. The Kier molecular flexibility index (Phi) is 4.40. The lowest BCUT2D eigenvalue weighted by Crippen LogP contribution is -2.52. The third-order valence-corrected chi connectivity index (χ3v) is 3.88. The number of carbonyl (C=O) groups excluding carboxylic acids is 1. The molecule has 0 aromatic rings. The highest BCUT2D eigenvalue weighted by Crippen LogP contribution is 2.42. The first-order valence-corrected chi connectivity index (χ1v) is 6.88. The summed E-state index contributed by atoms with van der Waals surface area (Å²) in [6.07, 6.45) is 6.80. The largest absolute Gasteiger partial charge is 0.375 e. The van der Waals surface area contributed by atoms with Gasteiger partial charge in [-0.3, -0.25) is 4.79 Å². The van der Waals surface area contributed by atoms with E-state index in [1.165, 1.54) is 19.3 Å². The number of ether oxygens (including phenoxy) is 1. The first-order valence-electron chi connectivity index (χ1n) is 6.88. The van der Waals surface area contributed by atoms with Crippen LogP contribution in [0.4, 0.5) is 0 Å². The Morgan fingerprint density at radius 3 is 2.94 bits per heavy atom. The van der Waals surface area contributed by atoms with E-state index in [1.54, 1.807) is 0 Å². The van der Waals surface area contributed by atoms with E-state index in [-0.39, 0.29) is 11.5 Å². The molecule has 0 aromatic carbocycles. The minimum atomic E-state index is 0.112. The zero-order valence-corrected chi connectivity index (χ0v) is 10.8. The van der Waals surface area contributed by atoms with Gasteiger partial charge in [0.2, 0.25) is 5.91 Å². The van der Waals surface area contributed by atoms with Crippen LogP contribution in [0, 0.1) is 0 Å². The van der Waals surface area contributed by atoms with Crippen molar-refractivity contribution < 1.29 is 9.53 Å². The first kappa shape index (κ1) is 12.8. The van der Waals surface area contributed by atoms with Gasteiger partial charge < -0.3 is 15.4 Å². The van der Waals surface area contributed by atoms with Gasteiger partial charge in [-0.15, -0.1) is 0 Å². The molecule has 2 rings (SSSR count). The predicted octanol–water partition coefficient (Wildman–Crippen LogP) is 1.20. The molecule has 1 aliphatic carbocycles. The monoisotopic (exact) mass is 240 g/mol. The molecule has 1 amide bonds. The van der Waals surface area contributed by atoms with Crippen LogP contribution in [-0.2, 0) is 9.53 Å². The summed E-state index contributed by atoms with van der Waals surface area (Å²) in [5.74, 6) is 0.112. The van der Waals surface area contributed by atoms with Crippen LogP contribution in [0.5, 0.6) is 0 Å². The van der Waals surface area contributed by atoms with Crippen LogP contribution < -0.4 is 10.6 Å². The molecule has 17 heavy (non-hydrogen) atoms. The summed E-state index contributed by atoms with van der Waals surface area (Å²) in [4.78, 5) is 11.5. The van der Waals surface area contributed by atoms with Crippen LogP contribution in [0.1, 0.15) is 45.4 Å². The highest BCUT2D eigenvalue weighted by Gasteiger charge is 2.42. The van der Waals surface area contributed by atoms with Crippen LogP contribution in [0.15, 0.2) is 0 Å². The summed E-state index contributed by atoms with van der Waals surface area (Å²) >= 11 is 0. The Morgan fingerprint density at radius 2 is 2.29 bits per heavy atom. The van der Waals surface area contributed by atoms with Crippen molar-refractivity contribution in [1.82, 2.24) is 10.6 Å². The third kappa shape index (κ3) is 3.42. The van der Waals surface area contributed by atoms with Gasteiger partial charge in [0.1, 0.15) is 0 Å². The van der Waals surface area contributed by atoms with E-state index < -0.39 is 0 Å². The highest BCUT2D eigenvalue weighted by molar-refractivity contribution is 5.77. The van der Waals surface area contributed by atoms with Gasteiger partial charge in [0.25, 0.3) is 0 Å². The number of nitrogens with one attached hydrogen (secondary N) is 2. The second kappa shape index (κ2) is 5.83. The fourth-order valence-electron chi connectivity index (χ4n) is 2.69. The predicted molar refractivity (Wildman–Crippen MR) is 66.9 cm³/mol. The molecule has 1 spiro atoms. The van der Waals surface area contributed by atoms with Crippen molar-refractivity contribution in [3.8, 4) is 0 Å². The van der Waals surface area contributed by atoms with Crippen molar-refractivity contribution in [3.05, 3.63) is 0 Å². The molecule has 1 heterocycles. The summed E-state index contributed by atoms with van der Waals surface area (Å²) in [5, 5.41) is 6.25. The number of rotatable bonds is 5. The molecule has 1 aliphatic heterocycles. The second-order valence-electron chi connectivity index (χ2n) is 5.31. The Bertz CT molecular complexity index is 264. The van der Waals surface area contributed by atoms with Gasteiger partial charge in [0.15, 0.2) is 0 Å². The van der Waals surface area contributed by atoms with Gasteiger partial charge in [0, 0.05) is 19.2 Å². The maximum atomic E-state index is 11.5. The summed E-state index contributed by atoms with van der Waals surface area (Å²) in [5.41, 5.74) is 0.163. The molecule has 0 aromatic heterocycles. The molecule has 1 atom stereocenters. The molecule has 0 bridgehead atoms. The Morgan fingerprint density at radius 1 is 1.47 bits per heavy atom. The summed E-state index contributed by atoms with van der Waals surface area (Å²) in [7, 11) is 0. The standard InChI is InChI=1S/C13H24N2O2/c1-2-7-14-12(16)10-15-11-4-8-17-13(9-11)5-3-6-13/h11,15H,2-10H2,1H3,(H,14,16). The zero-order valence-electron chi connectivity index (χ0n) is 10.8. The molecule has 2 aliphatic rings. The molecule has 1 saturated carbocycles. The van der Waals surface area contributed by atoms with Gasteiger partial charge in [-0.1, -0.05) is 6.92 Å². The lowest BCUT2D eigenvalue weighted by atomic mass is 9.74. The molecule has 4 heteroatoms. The van der Waals surface area contributed by atoms with Crippen molar-refractivity contribution in [2.45, 2.75) is 57.1 Å². The molecule has 1 unspecified atom stereocenters. The fourth-order valence-corrected chi connectivity index (χ4v) is 2.69. The third-order valence-electron chi connectivity index (χ3n) is 3.88. The van der Waals surface area contributed by atoms with E-state index in [4.69, 9.17) is 4.74 Å². The zero-order chi connectivity index (χ0) is 12.1. The molecule has 0 radical (unpaired) electrons. The van der Waals surface area contributed by atoms with E-state index >= 15 is 0 Å². The smallest absolute Gasteiger partial charge is 0.233 e. The first-order chi connectivity index (χ1) is 8.24. The van der Waals surface area contributed by atoms with Crippen molar-refractivity contribution in [1.29, 1.82) is 0 Å². The van der Waals surface area contributed by atoms with Crippen LogP contribution in [0.25, 0.3) is 0 Å². The summed E-state index contributed by atoms with van der Waals surface area (Å²) in [6.45, 7) is 4.12. The van der Waals surface area contributed by atoms with Crippen LogP contribution in [0.3, 0.4) is 0 Å². The number of hydrogen-bond donors (Lipinski definition) is 2. The number of hydrogen-bond acceptors (Lipinski definition) is 3. The minimum Gasteiger partial charge on any atom is -0.375 e. The lowest BCUT2D eigenvalue weighted by Gasteiger charge is -2.47. The second-order valence-corrected chi connectivity index (χ2v) is 5.31. The van der Waals surface area contributed by atoms with Gasteiger partial charge in [-0.25, -0.2) is 0 Å². The normalized spacial score (nSPS) is 26.5. The van der Waals surface area contributed by atoms with Gasteiger partial charge in [0.05, 0.1) is 12.1 Å². The van der Waals surface area contributed by atoms with Gasteiger partial charge in [-0.05, 0) is 38.5 Å². The quantitative estimate of drug-likeness (QED) is 0.759. The molecule has 98 valence electrons. The van der Waals surface area contributed by atoms with Crippen LogP contribution >= 0.6 is 0 Å². The Balaban J connectivity index is 1.66. The summed E-state index contributed by atoms with van der Waals surface area (Å²) < 4.78 is 5.86. The van der Waals surface area contributed by atoms with E-state index in [0.717, 1.165) is 32.4 Å². The maximum absolute atomic E-state index is 11.5. The molecule has 4 nitrogen and oxygen atoms in total. The minimum absolute atomic E-state index is 0.112. The van der Waals surface area contributed by atoms with Gasteiger partial charge >= 0.3 is 0 Å². The van der Waals surface area contributed by atoms with Gasteiger partial charge in [-0.2, -0.15) is 0 Å². The van der Waals surface area contributed by atoms with Crippen molar-refractivity contribution in [3.63, 3.8) is 0 Å². The number of carbonyl (C=O) groups is 1. The average molecular weight is 240 g/mol. The van der Waals surface area contributed by atoms with Crippen molar-refractivity contribution in [2.75, 3.05) is 19.7 Å². The average Bonchev–Trinajstić information content (AvgIpc) is 2.32. The maximum Gasteiger partial charge on any atom is 0.233 e. The molecule has 2 fully saturated rings. The molecule has 2 N–H and O–H groups in total. The number of amides is 1. The van der Waals surface area contributed by atoms with E-state index in [1.807, 2.05) is 0 Å². The topological polar surface area (TPSA) is 50.4 Å². The lowest BCUT2D eigenvalue weighted by molar-refractivity contribution is -0.137. The SMILES string of the molecule is CCCNC(=O)CNC1CCOC2(CCC2)C1. The van der Waals surface area contributed by atoms with E-state index in [0.29, 0.717) is 12.6 Å². The van der Waals surface area contributed by atoms with E-state index in [2.05, 4.69) is 17.6 Å². The Hall–Kier alpha value is -0.610. The van der Waals surface area contributed by atoms with Crippen LogP contribution in [0.2, 0.25) is 0 Å². The van der Waals surface area contributed by atoms with Crippen molar-refractivity contribution in [2.24, 2.45) is 0 Å². The molecular formula is C13H24N2O2. The van der Waals surface area contributed by atoms with Crippen LogP contribution in [-0.4, -0.2) is 37.2 Å². The fraction of sp³-hybridized carbons (Fsp3) is 0.923. The van der Waals surface area contributed by atoms with E-state index in [9.17, 15) is 4.79 Å². The molecular weight excluding hydrogens is 216 g/mol. The Labute approximate surface area is 103 Å². The summed E-state index contributed by atoms with van der Waals surface area (Å²) in [6, 6.07) is 0.455.